The van der Waals surface area contributed by atoms with E-state index in [4.69, 9.17) is 15.4 Å². The van der Waals surface area contributed by atoms with Crippen molar-refractivity contribution in [3.8, 4) is 23.7 Å². The SMILES string of the molecule is C#CCN(CCCc1nc(-c2ccc(C)c(F)c2)no1)Cc1ccco1. The Kier molecular flexibility index (Phi) is 5.82. The summed E-state index contributed by atoms with van der Waals surface area (Å²) in [6.45, 7) is 3.70. The van der Waals surface area contributed by atoms with Crippen molar-refractivity contribution in [2.45, 2.75) is 26.3 Å². The normalized spacial score (nSPS) is 11.0. The zero-order valence-corrected chi connectivity index (χ0v) is 14.6. The third kappa shape index (κ3) is 4.58. The van der Waals surface area contributed by atoms with Gasteiger partial charge in [-0.3, -0.25) is 4.90 Å². The van der Waals surface area contributed by atoms with Crippen molar-refractivity contribution in [3.05, 3.63) is 59.6 Å². The Morgan fingerprint density at radius 2 is 2.19 bits per heavy atom. The first-order valence-electron chi connectivity index (χ1n) is 8.43. The van der Waals surface area contributed by atoms with Crippen LogP contribution in [-0.4, -0.2) is 28.1 Å². The summed E-state index contributed by atoms with van der Waals surface area (Å²) in [5.41, 5.74) is 1.19. The van der Waals surface area contributed by atoms with Gasteiger partial charge in [-0.2, -0.15) is 4.98 Å². The highest BCUT2D eigenvalue weighted by Gasteiger charge is 2.12. The van der Waals surface area contributed by atoms with Crippen molar-refractivity contribution < 1.29 is 13.3 Å². The number of terminal acetylenes is 1. The highest BCUT2D eigenvalue weighted by Crippen LogP contribution is 2.19. The molecule has 0 unspecified atom stereocenters. The number of furan rings is 1. The summed E-state index contributed by atoms with van der Waals surface area (Å²) in [6.07, 6.45) is 8.53. The van der Waals surface area contributed by atoms with Crippen LogP contribution in [0, 0.1) is 25.1 Å². The molecular formula is C20H20FN3O2. The second-order valence-electron chi connectivity index (χ2n) is 6.07. The Labute approximate surface area is 151 Å². The molecular weight excluding hydrogens is 333 g/mol. The van der Waals surface area contributed by atoms with Gasteiger partial charge in [0.05, 0.1) is 19.4 Å². The first-order valence-corrected chi connectivity index (χ1v) is 8.43. The summed E-state index contributed by atoms with van der Waals surface area (Å²) in [7, 11) is 0. The second kappa shape index (κ2) is 8.45. The van der Waals surface area contributed by atoms with Gasteiger partial charge in [-0.05, 0) is 37.1 Å². The van der Waals surface area contributed by atoms with Crippen LogP contribution in [0.5, 0.6) is 0 Å². The Morgan fingerprint density at radius 1 is 1.31 bits per heavy atom. The van der Waals surface area contributed by atoms with E-state index >= 15 is 0 Å². The molecule has 6 heteroatoms. The van der Waals surface area contributed by atoms with Gasteiger partial charge in [0.25, 0.3) is 0 Å². The minimum atomic E-state index is -0.281. The van der Waals surface area contributed by atoms with Crippen molar-refractivity contribution >= 4 is 0 Å². The molecule has 0 aliphatic heterocycles. The molecule has 0 saturated heterocycles. The van der Waals surface area contributed by atoms with Crippen molar-refractivity contribution in [2.75, 3.05) is 13.1 Å². The van der Waals surface area contributed by atoms with Crippen molar-refractivity contribution in [3.63, 3.8) is 0 Å². The average molecular weight is 353 g/mol. The lowest BCUT2D eigenvalue weighted by atomic mass is 10.1. The van der Waals surface area contributed by atoms with Crippen molar-refractivity contribution in [2.24, 2.45) is 0 Å². The van der Waals surface area contributed by atoms with Crippen LogP contribution in [0.25, 0.3) is 11.4 Å². The molecule has 5 nitrogen and oxygen atoms in total. The molecule has 0 bridgehead atoms. The summed E-state index contributed by atoms with van der Waals surface area (Å²) in [5, 5.41) is 3.94. The zero-order valence-electron chi connectivity index (χ0n) is 14.6. The van der Waals surface area contributed by atoms with Gasteiger partial charge in [0, 0.05) is 18.5 Å². The van der Waals surface area contributed by atoms with E-state index in [1.807, 2.05) is 12.1 Å². The fourth-order valence-electron chi connectivity index (χ4n) is 2.63. The summed E-state index contributed by atoms with van der Waals surface area (Å²) in [4.78, 5) is 6.46. The topological polar surface area (TPSA) is 55.3 Å². The van der Waals surface area contributed by atoms with E-state index in [-0.39, 0.29) is 5.82 Å². The number of benzene rings is 1. The van der Waals surface area contributed by atoms with E-state index in [9.17, 15) is 4.39 Å². The number of rotatable bonds is 8. The molecule has 2 aromatic heterocycles. The van der Waals surface area contributed by atoms with Crippen LogP contribution in [0.2, 0.25) is 0 Å². The highest BCUT2D eigenvalue weighted by atomic mass is 19.1. The van der Waals surface area contributed by atoms with Gasteiger partial charge in [0.1, 0.15) is 11.6 Å². The Balaban J connectivity index is 1.55. The molecule has 0 spiro atoms. The monoisotopic (exact) mass is 353 g/mol. The molecule has 26 heavy (non-hydrogen) atoms. The number of hydrogen-bond donors (Lipinski definition) is 0. The smallest absolute Gasteiger partial charge is 0.227 e. The van der Waals surface area contributed by atoms with Gasteiger partial charge in [-0.25, -0.2) is 4.39 Å². The Bertz CT molecular complexity index is 881. The third-order valence-corrected chi connectivity index (χ3v) is 4.04. The quantitative estimate of drug-likeness (QED) is 0.576. The summed E-state index contributed by atoms with van der Waals surface area (Å²) in [5.74, 6) is 4.18. The van der Waals surface area contributed by atoms with Crippen LogP contribution in [0.3, 0.4) is 0 Å². The maximum absolute atomic E-state index is 13.7. The van der Waals surface area contributed by atoms with Gasteiger partial charge >= 0.3 is 0 Å². The fraction of sp³-hybridized carbons (Fsp3) is 0.300. The fourth-order valence-corrected chi connectivity index (χ4v) is 2.63. The van der Waals surface area contributed by atoms with Crippen molar-refractivity contribution in [1.82, 2.24) is 15.0 Å². The van der Waals surface area contributed by atoms with Crippen LogP contribution in [0.15, 0.2) is 45.5 Å². The summed E-state index contributed by atoms with van der Waals surface area (Å²) in [6, 6.07) is 8.69. The predicted octanol–water partition coefficient (Wildman–Crippen LogP) is 3.85. The Morgan fingerprint density at radius 3 is 2.92 bits per heavy atom. The molecule has 0 saturated carbocycles. The van der Waals surface area contributed by atoms with E-state index in [2.05, 4.69) is 21.0 Å². The van der Waals surface area contributed by atoms with E-state index < -0.39 is 0 Å². The number of hydrogen-bond acceptors (Lipinski definition) is 5. The molecule has 134 valence electrons. The lowest BCUT2D eigenvalue weighted by molar-refractivity contribution is 0.264. The molecule has 0 atom stereocenters. The number of nitrogens with zero attached hydrogens (tertiary/aromatic N) is 3. The van der Waals surface area contributed by atoms with Crippen LogP contribution >= 0.6 is 0 Å². The molecule has 0 N–H and O–H groups in total. The minimum absolute atomic E-state index is 0.281. The molecule has 0 aliphatic rings. The standard InChI is InChI=1S/C20H20FN3O2/c1-3-10-24(14-17-6-5-12-25-17)11-4-7-19-22-20(23-26-19)16-9-8-15(2)18(21)13-16/h1,5-6,8-9,12-13H,4,7,10-11,14H2,2H3. The first-order chi connectivity index (χ1) is 12.7. The number of aryl methyl sites for hydroxylation is 2. The lowest BCUT2D eigenvalue weighted by Gasteiger charge is -2.17. The maximum Gasteiger partial charge on any atom is 0.227 e. The Hall–Kier alpha value is -2.91. The molecule has 3 aromatic rings. The van der Waals surface area contributed by atoms with E-state index in [1.165, 1.54) is 6.07 Å². The van der Waals surface area contributed by atoms with Gasteiger partial charge in [-0.1, -0.05) is 23.2 Å². The lowest BCUT2D eigenvalue weighted by Crippen LogP contribution is -2.25. The molecule has 0 fully saturated rings. The van der Waals surface area contributed by atoms with Gasteiger partial charge in [0.2, 0.25) is 11.7 Å². The third-order valence-electron chi connectivity index (χ3n) is 4.04. The number of aromatic nitrogens is 2. The van der Waals surface area contributed by atoms with Crippen molar-refractivity contribution in [1.29, 1.82) is 0 Å². The van der Waals surface area contributed by atoms with E-state index in [0.29, 0.717) is 42.4 Å². The van der Waals surface area contributed by atoms with E-state index in [0.717, 1.165) is 18.7 Å². The molecule has 0 amide bonds. The zero-order chi connectivity index (χ0) is 18.4. The van der Waals surface area contributed by atoms with Crippen LogP contribution in [0.1, 0.15) is 23.6 Å². The van der Waals surface area contributed by atoms with Gasteiger partial charge in [0.15, 0.2) is 0 Å². The molecule has 0 aliphatic carbocycles. The molecule has 1 aromatic carbocycles. The van der Waals surface area contributed by atoms with Gasteiger partial charge in [-0.15, -0.1) is 6.42 Å². The molecule has 3 rings (SSSR count). The van der Waals surface area contributed by atoms with E-state index in [1.54, 1.807) is 25.3 Å². The predicted molar refractivity (Wildman–Crippen MR) is 95.6 cm³/mol. The van der Waals surface area contributed by atoms with Crippen LogP contribution in [0.4, 0.5) is 4.39 Å². The molecule has 0 radical (unpaired) electrons. The van der Waals surface area contributed by atoms with Crippen LogP contribution < -0.4 is 0 Å². The number of halogens is 1. The van der Waals surface area contributed by atoms with Crippen LogP contribution in [-0.2, 0) is 13.0 Å². The summed E-state index contributed by atoms with van der Waals surface area (Å²) >= 11 is 0. The highest BCUT2D eigenvalue weighted by molar-refractivity contribution is 5.54. The first kappa shape index (κ1) is 17.9. The maximum atomic E-state index is 13.7. The average Bonchev–Trinajstić information content (AvgIpc) is 3.29. The van der Waals surface area contributed by atoms with Gasteiger partial charge < -0.3 is 8.94 Å². The molecule has 2 heterocycles. The second-order valence-corrected chi connectivity index (χ2v) is 6.07. The largest absolute Gasteiger partial charge is 0.468 e. The minimum Gasteiger partial charge on any atom is -0.468 e. The summed E-state index contributed by atoms with van der Waals surface area (Å²) < 4.78 is 24.3.